The van der Waals surface area contributed by atoms with Gasteiger partial charge in [-0.25, -0.2) is 0 Å². The molecule has 0 amide bonds. The number of anilines is 1. The Labute approximate surface area is 114 Å². The minimum Gasteiger partial charge on any atom is -0.507 e. The van der Waals surface area contributed by atoms with Crippen molar-refractivity contribution in [3.8, 4) is 16.3 Å². The minimum absolute atomic E-state index is 0.234. The summed E-state index contributed by atoms with van der Waals surface area (Å²) in [4.78, 5) is 0. The molecule has 0 aliphatic rings. The number of benzene rings is 2. The van der Waals surface area contributed by atoms with Crippen molar-refractivity contribution in [2.75, 3.05) is 11.9 Å². The van der Waals surface area contributed by atoms with Crippen molar-refractivity contribution in [3.05, 3.63) is 36.4 Å². The average Bonchev–Trinajstić information content (AvgIpc) is 2.87. The smallest absolute Gasteiger partial charge is 0.205 e. The number of aromatic nitrogens is 2. The van der Waals surface area contributed by atoms with Crippen LogP contribution < -0.4 is 5.32 Å². The molecule has 3 rings (SSSR count). The molecule has 3 aromatic rings. The minimum atomic E-state index is 0.234. The van der Waals surface area contributed by atoms with Crippen molar-refractivity contribution in [1.82, 2.24) is 10.2 Å². The Kier molecular flexibility index (Phi) is 3.05. The summed E-state index contributed by atoms with van der Waals surface area (Å²) in [5, 5.41) is 25.0. The molecule has 2 N–H and O–H groups in total. The lowest BCUT2D eigenvalue weighted by atomic mass is 10.1. The summed E-state index contributed by atoms with van der Waals surface area (Å²) in [6.07, 6.45) is 0. The van der Waals surface area contributed by atoms with Gasteiger partial charge >= 0.3 is 0 Å². The molecule has 2 aromatic carbocycles. The Morgan fingerprint density at radius 1 is 1.16 bits per heavy atom. The Morgan fingerprint density at radius 2 is 1.89 bits per heavy atom. The molecular weight excluding hydrogens is 258 g/mol. The van der Waals surface area contributed by atoms with Crippen molar-refractivity contribution < 1.29 is 5.11 Å². The van der Waals surface area contributed by atoms with E-state index < -0.39 is 0 Å². The molecule has 96 valence electrons. The highest BCUT2D eigenvalue weighted by Gasteiger charge is 2.11. The van der Waals surface area contributed by atoms with Crippen LogP contribution in [0.3, 0.4) is 0 Å². The van der Waals surface area contributed by atoms with Crippen molar-refractivity contribution in [3.63, 3.8) is 0 Å². The summed E-state index contributed by atoms with van der Waals surface area (Å²) in [5.41, 5.74) is 0.723. The molecule has 0 aliphatic carbocycles. The maximum absolute atomic E-state index is 10.1. The van der Waals surface area contributed by atoms with Gasteiger partial charge in [0.2, 0.25) is 5.13 Å². The lowest BCUT2D eigenvalue weighted by Gasteiger charge is -2.03. The van der Waals surface area contributed by atoms with E-state index in [1.54, 1.807) is 6.07 Å². The van der Waals surface area contributed by atoms with Gasteiger partial charge in [-0.2, -0.15) is 0 Å². The first-order valence-electron chi connectivity index (χ1n) is 6.07. The molecule has 4 nitrogen and oxygen atoms in total. The first kappa shape index (κ1) is 11.9. The van der Waals surface area contributed by atoms with Crippen LogP contribution in [0, 0.1) is 0 Å². The SMILES string of the molecule is CCNc1nnc(-c2cc3ccccc3cc2O)s1. The fourth-order valence-electron chi connectivity index (χ4n) is 1.95. The highest BCUT2D eigenvalue weighted by molar-refractivity contribution is 7.18. The summed E-state index contributed by atoms with van der Waals surface area (Å²) < 4.78 is 0. The Hall–Kier alpha value is -2.14. The zero-order valence-corrected chi connectivity index (χ0v) is 11.2. The van der Waals surface area contributed by atoms with Crippen molar-refractivity contribution in [2.24, 2.45) is 0 Å². The van der Waals surface area contributed by atoms with E-state index in [2.05, 4.69) is 15.5 Å². The molecule has 0 aliphatic heterocycles. The number of phenols is 1. The van der Waals surface area contributed by atoms with Gasteiger partial charge in [-0.3, -0.25) is 0 Å². The third-order valence-corrected chi connectivity index (χ3v) is 3.76. The standard InChI is InChI=1S/C14H13N3OS/c1-2-15-14-17-16-13(19-14)11-7-9-5-3-4-6-10(9)8-12(11)18/h3-8,18H,2H2,1H3,(H,15,17). The van der Waals surface area contributed by atoms with E-state index >= 15 is 0 Å². The monoisotopic (exact) mass is 271 g/mol. The van der Waals surface area contributed by atoms with Crippen molar-refractivity contribution in [2.45, 2.75) is 6.92 Å². The summed E-state index contributed by atoms with van der Waals surface area (Å²) in [6.45, 7) is 2.81. The lowest BCUT2D eigenvalue weighted by molar-refractivity contribution is 0.478. The molecule has 1 heterocycles. The number of aromatic hydroxyl groups is 1. The molecule has 0 spiro atoms. The van der Waals surface area contributed by atoms with Gasteiger partial charge in [0.25, 0.3) is 0 Å². The van der Waals surface area contributed by atoms with E-state index in [-0.39, 0.29) is 5.75 Å². The maximum atomic E-state index is 10.1. The highest BCUT2D eigenvalue weighted by atomic mass is 32.1. The van der Waals surface area contributed by atoms with Crippen molar-refractivity contribution in [1.29, 1.82) is 0 Å². The van der Waals surface area contributed by atoms with Crippen LogP contribution in [0.1, 0.15) is 6.92 Å². The second kappa shape index (κ2) is 4.85. The van der Waals surface area contributed by atoms with E-state index in [1.807, 2.05) is 37.3 Å². The first-order chi connectivity index (χ1) is 9.28. The van der Waals surface area contributed by atoms with Gasteiger partial charge in [0, 0.05) is 6.54 Å². The fraction of sp³-hybridized carbons (Fsp3) is 0.143. The van der Waals surface area contributed by atoms with Crippen LogP contribution in [0.25, 0.3) is 21.3 Å². The van der Waals surface area contributed by atoms with Crippen LogP contribution in [-0.4, -0.2) is 21.8 Å². The number of nitrogens with one attached hydrogen (secondary N) is 1. The second-order valence-electron chi connectivity index (χ2n) is 4.16. The number of rotatable bonds is 3. The Bertz CT molecular complexity index is 724. The summed E-state index contributed by atoms with van der Waals surface area (Å²) in [6, 6.07) is 11.6. The van der Waals surface area contributed by atoms with Gasteiger partial charge < -0.3 is 10.4 Å². The molecule has 0 atom stereocenters. The van der Waals surface area contributed by atoms with Gasteiger partial charge in [0.1, 0.15) is 5.75 Å². The third-order valence-electron chi connectivity index (χ3n) is 2.85. The number of nitrogens with zero attached hydrogens (tertiary/aromatic N) is 2. The average molecular weight is 271 g/mol. The van der Waals surface area contributed by atoms with Crippen LogP contribution in [0.2, 0.25) is 0 Å². The topological polar surface area (TPSA) is 58.0 Å². The van der Waals surface area contributed by atoms with Crippen LogP contribution in [0.4, 0.5) is 5.13 Å². The largest absolute Gasteiger partial charge is 0.507 e. The van der Waals surface area contributed by atoms with E-state index in [0.29, 0.717) is 0 Å². The molecule has 0 radical (unpaired) electrons. The molecule has 0 fully saturated rings. The predicted molar refractivity (Wildman–Crippen MR) is 78.7 cm³/mol. The first-order valence-corrected chi connectivity index (χ1v) is 6.89. The molecule has 0 unspecified atom stereocenters. The Morgan fingerprint density at radius 3 is 2.63 bits per heavy atom. The zero-order valence-electron chi connectivity index (χ0n) is 10.4. The molecule has 19 heavy (non-hydrogen) atoms. The van der Waals surface area contributed by atoms with Crippen LogP contribution in [0.5, 0.6) is 5.75 Å². The molecule has 0 saturated carbocycles. The number of phenolic OH excluding ortho intramolecular Hbond substituents is 1. The van der Waals surface area contributed by atoms with E-state index in [4.69, 9.17) is 0 Å². The maximum Gasteiger partial charge on any atom is 0.205 e. The third kappa shape index (κ3) is 2.24. The van der Waals surface area contributed by atoms with Gasteiger partial charge in [0.15, 0.2) is 5.01 Å². The van der Waals surface area contributed by atoms with E-state index in [1.165, 1.54) is 11.3 Å². The van der Waals surface area contributed by atoms with Gasteiger partial charge in [0.05, 0.1) is 5.56 Å². The zero-order chi connectivity index (χ0) is 13.2. The molecule has 0 bridgehead atoms. The van der Waals surface area contributed by atoms with Crippen LogP contribution in [-0.2, 0) is 0 Å². The lowest BCUT2D eigenvalue weighted by Crippen LogP contribution is -1.94. The number of fused-ring (bicyclic) bond motifs is 1. The summed E-state index contributed by atoms with van der Waals surface area (Å²) in [7, 11) is 0. The summed E-state index contributed by atoms with van der Waals surface area (Å²) >= 11 is 1.44. The normalized spacial score (nSPS) is 10.8. The van der Waals surface area contributed by atoms with E-state index in [0.717, 1.165) is 33.0 Å². The van der Waals surface area contributed by atoms with Crippen LogP contribution >= 0.6 is 11.3 Å². The quantitative estimate of drug-likeness (QED) is 0.765. The number of hydrogen-bond acceptors (Lipinski definition) is 5. The van der Waals surface area contributed by atoms with Gasteiger partial charge in [-0.05, 0) is 29.8 Å². The number of hydrogen-bond donors (Lipinski definition) is 2. The molecule has 1 aromatic heterocycles. The highest BCUT2D eigenvalue weighted by Crippen LogP contribution is 2.35. The molecular formula is C14H13N3OS. The van der Waals surface area contributed by atoms with E-state index in [9.17, 15) is 5.11 Å². The fourth-order valence-corrected chi connectivity index (χ4v) is 2.79. The molecule has 5 heteroatoms. The van der Waals surface area contributed by atoms with Gasteiger partial charge in [-0.15, -0.1) is 10.2 Å². The predicted octanol–water partition coefficient (Wildman–Crippen LogP) is 3.50. The van der Waals surface area contributed by atoms with Crippen LogP contribution in [0.15, 0.2) is 36.4 Å². The molecule has 0 saturated heterocycles. The summed E-state index contributed by atoms with van der Waals surface area (Å²) in [5.74, 6) is 0.234. The van der Waals surface area contributed by atoms with Gasteiger partial charge in [-0.1, -0.05) is 35.6 Å². The van der Waals surface area contributed by atoms with Crippen molar-refractivity contribution >= 4 is 27.2 Å². The second-order valence-corrected chi connectivity index (χ2v) is 5.14. The Balaban J connectivity index is 2.10.